The maximum atomic E-state index is 4.45. The van der Waals surface area contributed by atoms with Gasteiger partial charge >= 0.3 is 0 Å². The van der Waals surface area contributed by atoms with Crippen molar-refractivity contribution in [3.05, 3.63) is 18.0 Å². The Morgan fingerprint density at radius 2 is 1.95 bits per heavy atom. The van der Waals surface area contributed by atoms with Gasteiger partial charge in [0.1, 0.15) is 0 Å². The van der Waals surface area contributed by atoms with Crippen molar-refractivity contribution in [1.82, 2.24) is 15.1 Å². The largest absolute Gasteiger partial charge is 0.310 e. The van der Waals surface area contributed by atoms with Gasteiger partial charge in [0, 0.05) is 24.3 Å². The van der Waals surface area contributed by atoms with Crippen molar-refractivity contribution in [2.75, 3.05) is 0 Å². The fourth-order valence-corrected chi connectivity index (χ4v) is 2.68. The fourth-order valence-electron chi connectivity index (χ4n) is 2.68. The Hall–Kier alpha value is -0.830. The second kappa shape index (κ2) is 5.28. The molecule has 19 heavy (non-hydrogen) atoms. The van der Waals surface area contributed by atoms with Crippen LogP contribution in [0.25, 0.3) is 0 Å². The molecule has 1 aliphatic rings. The molecule has 1 heterocycles. The maximum absolute atomic E-state index is 4.45. The molecule has 108 valence electrons. The van der Waals surface area contributed by atoms with Crippen LogP contribution >= 0.6 is 0 Å². The third-order valence-electron chi connectivity index (χ3n) is 4.26. The Morgan fingerprint density at radius 1 is 1.32 bits per heavy atom. The van der Waals surface area contributed by atoms with Gasteiger partial charge in [-0.2, -0.15) is 5.10 Å². The first-order valence-corrected chi connectivity index (χ1v) is 7.54. The van der Waals surface area contributed by atoms with Crippen LogP contribution in [0.1, 0.15) is 65.9 Å². The van der Waals surface area contributed by atoms with Crippen LogP contribution in [0.15, 0.2) is 12.4 Å². The molecule has 3 heteroatoms. The highest BCUT2D eigenvalue weighted by Crippen LogP contribution is 2.35. The molecular weight excluding hydrogens is 234 g/mol. The summed E-state index contributed by atoms with van der Waals surface area (Å²) in [5.74, 6) is 0. The van der Waals surface area contributed by atoms with Crippen molar-refractivity contribution in [3.63, 3.8) is 0 Å². The molecule has 1 saturated carbocycles. The lowest BCUT2D eigenvalue weighted by Gasteiger charge is -2.34. The average molecular weight is 263 g/mol. The monoisotopic (exact) mass is 263 g/mol. The summed E-state index contributed by atoms with van der Waals surface area (Å²) in [5, 5.41) is 8.14. The summed E-state index contributed by atoms with van der Waals surface area (Å²) >= 11 is 0. The molecule has 0 radical (unpaired) electrons. The second-order valence-electron chi connectivity index (χ2n) is 7.78. The molecule has 0 bridgehead atoms. The minimum Gasteiger partial charge on any atom is -0.310 e. The summed E-state index contributed by atoms with van der Waals surface area (Å²) in [6, 6.07) is 0.686. The number of aromatic nitrogens is 2. The van der Waals surface area contributed by atoms with Gasteiger partial charge in [0.25, 0.3) is 0 Å². The molecule has 0 aromatic carbocycles. The first kappa shape index (κ1) is 14.6. The Balaban J connectivity index is 1.82. The van der Waals surface area contributed by atoms with Crippen molar-refractivity contribution in [2.45, 2.75) is 78.4 Å². The number of nitrogens with one attached hydrogen (secondary N) is 1. The summed E-state index contributed by atoms with van der Waals surface area (Å²) in [7, 11) is 0. The third-order valence-corrected chi connectivity index (χ3v) is 4.26. The van der Waals surface area contributed by atoms with Crippen LogP contribution in [0.4, 0.5) is 0 Å². The summed E-state index contributed by atoms with van der Waals surface area (Å²) in [6.07, 6.45) is 9.45. The molecule has 0 unspecified atom stereocenters. The van der Waals surface area contributed by atoms with E-state index < -0.39 is 0 Å². The third kappa shape index (κ3) is 4.07. The van der Waals surface area contributed by atoms with Crippen LogP contribution in [-0.2, 0) is 12.1 Å². The predicted octanol–water partition coefficient (Wildman–Crippen LogP) is 3.70. The molecule has 0 saturated heterocycles. The lowest BCUT2D eigenvalue weighted by Crippen LogP contribution is -2.35. The maximum Gasteiger partial charge on any atom is 0.0543 e. The number of hydrogen-bond acceptors (Lipinski definition) is 2. The molecule has 0 atom stereocenters. The molecule has 1 aromatic rings. The molecule has 1 N–H and O–H groups in total. The summed E-state index contributed by atoms with van der Waals surface area (Å²) in [6.45, 7) is 12.3. The summed E-state index contributed by atoms with van der Waals surface area (Å²) < 4.78 is 2.05. The standard InChI is InChI=1S/C16H29N3/c1-15(2,3)19-12-13(11-18-19)10-17-14-6-8-16(4,5)9-7-14/h11-12,14,17H,6-10H2,1-5H3. The van der Waals surface area contributed by atoms with Crippen LogP contribution in [0.2, 0.25) is 0 Å². The van der Waals surface area contributed by atoms with E-state index in [0.717, 1.165) is 6.54 Å². The zero-order valence-electron chi connectivity index (χ0n) is 13.2. The minimum absolute atomic E-state index is 0.0765. The van der Waals surface area contributed by atoms with Crippen molar-refractivity contribution in [3.8, 4) is 0 Å². The van der Waals surface area contributed by atoms with Gasteiger partial charge in [-0.25, -0.2) is 0 Å². The lowest BCUT2D eigenvalue weighted by atomic mass is 9.75. The number of nitrogens with zero attached hydrogens (tertiary/aromatic N) is 2. The van der Waals surface area contributed by atoms with Gasteiger partial charge in [0.15, 0.2) is 0 Å². The van der Waals surface area contributed by atoms with Gasteiger partial charge < -0.3 is 5.32 Å². The Morgan fingerprint density at radius 3 is 2.47 bits per heavy atom. The van der Waals surface area contributed by atoms with E-state index in [0.29, 0.717) is 11.5 Å². The molecule has 1 aromatic heterocycles. The van der Waals surface area contributed by atoms with Gasteiger partial charge in [-0.05, 0) is 51.9 Å². The Kier molecular flexibility index (Phi) is 4.05. The quantitative estimate of drug-likeness (QED) is 0.901. The van der Waals surface area contributed by atoms with Gasteiger partial charge in [-0.3, -0.25) is 4.68 Å². The smallest absolute Gasteiger partial charge is 0.0543 e. The highest BCUT2D eigenvalue weighted by molar-refractivity contribution is 5.05. The molecule has 2 rings (SSSR count). The predicted molar refractivity (Wildman–Crippen MR) is 80.1 cm³/mol. The Bertz CT molecular complexity index is 402. The summed E-state index contributed by atoms with van der Waals surface area (Å²) in [5.41, 5.74) is 1.92. The molecule has 0 aliphatic heterocycles. The SMILES string of the molecule is CC1(C)CCC(NCc2cnn(C(C)(C)C)c2)CC1. The van der Waals surface area contributed by atoms with E-state index in [4.69, 9.17) is 0 Å². The van der Waals surface area contributed by atoms with E-state index in [1.807, 2.05) is 10.9 Å². The van der Waals surface area contributed by atoms with Crippen molar-refractivity contribution in [2.24, 2.45) is 5.41 Å². The highest BCUT2D eigenvalue weighted by atomic mass is 15.3. The first-order valence-electron chi connectivity index (χ1n) is 7.54. The zero-order chi connectivity index (χ0) is 14.1. The van der Waals surface area contributed by atoms with E-state index in [-0.39, 0.29) is 5.54 Å². The van der Waals surface area contributed by atoms with Crippen LogP contribution < -0.4 is 5.32 Å². The molecule has 3 nitrogen and oxygen atoms in total. The number of rotatable bonds is 3. The summed E-state index contributed by atoms with van der Waals surface area (Å²) in [4.78, 5) is 0. The van der Waals surface area contributed by atoms with Crippen molar-refractivity contribution < 1.29 is 0 Å². The molecule has 0 spiro atoms. The highest BCUT2D eigenvalue weighted by Gasteiger charge is 2.26. The van der Waals surface area contributed by atoms with Crippen LogP contribution in [0.5, 0.6) is 0 Å². The van der Waals surface area contributed by atoms with E-state index in [9.17, 15) is 0 Å². The van der Waals surface area contributed by atoms with Crippen molar-refractivity contribution >= 4 is 0 Å². The molecule has 1 aliphatic carbocycles. The Labute approximate surface area is 117 Å². The van der Waals surface area contributed by atoms with Gasteiger partial charge in [-0.15, -0.1) is 0 Å². The van der Waals surface area contributed by atoms with Crippen LogP contribution in [0.3, 0.4) is 0 Å². The molecule has 0 amide bonds. The lowest BCUT2D eigenvalue weighted by molar-refractivity contribution is 0.206. The topological polar surface area (TPSA) is 29.9 Å². The van der Waals surface area contributed by atoms with Crippen molar-refractivity contribution in [1.29, 1.82) is 0 Å². The first-order chi connectivity index (χ1) is 8.76. The minimum atomic E-state index is 0.0765. The van der Waals surface area contributed by atoms with Crippen LogP contribution in [0, 0.1) is 5.41 Å². The fraction of sp³-hybridized carbons (Fsp3) is 0.812. The molecule has 1 fully saturated rings. The second-order valence-corrected chi connectivity index (χ2v) is 7.78. The average Bonchev–Trinajstić information content (AvgIpc) is 2.76. The van der Waals surface area contributed by atoms with E-state index in [1.165, 1.54) is 31.2 Å². The van der Waals surface area contributed by atoms with Gasteiger partial charge in [0.05, 0.1) is 11.7 Å². The van der Waals surface area contributed by atoms with E-state index in [2.05, 4.69) is 51.2 Å². The van der Waals surface area contributed by atoms with Crippen LogP contribution in [-0.4, -0.2) is 15.8 Å². The number of hydrogen-bond donors (Lipinski definition) is 1. The molecular formula is C16H29N3. The van der Waals surface area contributed by atoms with E-state index >= 15 is 0 Å². The van der Waals surface area contributed by atoms with E-state index in [1.54, 1.807) is 0 Å². The van der Waals surface area contributed by atoms with Gasteiger partial charge in [0.2, 0.25) is 0 Å². The zero-order valence-corrected chi connectivity index (χ0v) is 13.2. The van der Waals surface area contributed by atoms with Gasteiger partial charge in [-0.1, -0.05) is 13.8 Å². The normalized spacial score (nSPS) is 20.7.